The summed E-state index contributed by atoms with van der Waals surface area (Å²) in [5.74, 6) is -0.860. The summed E-state index contributed by atoms with van der Waals surface area (Å²) in [7, 11) is 0. The van der Waals surface area contributed by atoms with Gasteiger partial charge in [-0.25, -0.2) is 19.2 Å². The van der Waals surface area contributed by atoms with Crippen LogP contribution in [0.2, 0.25) is 0 Å². The maximum absolute atomic E-state index is 11.5. The van der Waals surface area contributed by atoms with Crippen LogP contribution in [-0.4, -0.2) is 63.6 Å². The Morgan fingerprint density at radius 1 is 0.700 bits per heavy atom. The first-order chi connectivity index (χ1) is 14.1. The van der Waals surface area contributed by atoms with Gasteiger partial charge in [0.25, 0.3) is 0 Å². The zero-order chi connectivity index (χ0) is 22.9. The van der Waals surface area contributed by atoms with Crippen molar-refractivity contribution in [2.45, 2.75) is 33.6 Å². The van der Waals surface area contributed by atoms with Gasteiger partial charge in [0, 0.05) is 11.1 Å². The topological polar surface area (TPSA) is 129 Å². The van der Waals surface area contributed by atoms with Gasteiger partial charge in [0.05, 0.1) is 26.3 Å². The Morgan fingerprint density at radius 2 is 1.07 bits per heavy atom. The predicted octanol–water partition coefficient (Wildman–Crippen LogP) is 2.09. The van der Waals surface area contributed by atoms with Crippen LogP contribution in [0.15, 0.2) is 24.3 Å². The molecule has 0 aliphatic carbocycles. The van der Waals surface area contributed by atoms with Gasteiger partial charge in [0.2, 0.25) is 0 Å². The molecule has 0 rings (SSSR count). The van der Waals surface area contributed by atoms with Crippen LogP contribution < -0.4 is 10.6 Å². The highest BCUT2D eigenvalue weighted by Gasteiger charge is 2.09. The summed E-state index contributed by atoms with van der Waals surface area (Å²) in [6.45, 7) is 12.7. The van der Waals surface area contributed by atoms with E-state index in [2.05, 4.69) is 23.8 Å². The molecule has 0 bridgehead atoms. The van der Waals surface area contributed by atoms with Crippen LogP contribution in [0.25, 0.3) is 0 Å². The van der Waals surface area contributed by atoms with E-state index in [1.165, 1.54) is 13.8 Å². The van der Waals surface area contributed by atoms with Gasteiger partial charge < -0.3 is 29.6 Å². The van der Waals surface area contributed by atoms with Gasteiger partial charge in [0.15, 0.2) is 0 Å². The second kappa shape index (κ2) is 15.8. The Labute approximate surface area is 176 Å². The molecule has 0 aliphatic rings. The van der Waals surface area contributed by atoms with E-state index < -0.39 is 24.1 Å². The van der Waals surface area contributed by atoms with Crippen molar-refractivity contribution in [2.24, 2.45) is 5.92 Å². The highest BCUT2D eigenvalue weighted by molar-refractivity contribution is 5.87. The number of rotatable bonds is 14. The van der Waals surface area contributed by atoms with Crippen molar-refractivity contribution in [3.05, 3.63) is 24.3 Å². The number of ether oxygens (including phenoxy) is 4. The third-order valence-electron chi connectivity index (χ3n) is 3.59. The number of nitrogens with one attached hydrogen (secondary N) is 2. The number of esters is 2. The third kappa shape index (κ3) is 14.9. The molecule has 10 heteroatoms. The van der Waals surface area contributed by atoms with Crippen molar-refractivity contribution in [3.8, 4) is 0 Å². The van der Waals surface area contributed by atoms with Gasteiger partial charge in [-0.15, -0.1) is 0 Å². The molecule has 2 N–H and O–H groups in total. The first-order valence-electron chi connectivity index (χ1n) is 9.60. The molecule has 0 atom stereocenters. The fourth-order valence-electron chi connectivity index (χ4n) is 1.79. The zero-order valence-electron chi connectivity index (χ0n) is 17.9. The fraction of sp³-hybridized carbons (Fsp3) is 0.600. The summed E-state index contributed by atoms with van der Waals surface area (Å²) in [4.78, 5) is 45.3. The van der Waals surface area contributed by atoms with Crippen LogP contribution in [-0.2, 0) is 28.5 Å². The number of hydrogen-bond acceptors (Lipinski definition) is 8. The molecule has 0 unspecified atom stereocenters. The lowest BCUT2D eigenvalue weighted by Gasteiger charge is -2.13. The third-order valence-corrected chi connectivity index (χ3v) is 3.59. The lowest BCUT2D eigenvalue weighted by Crippen LogP contribution is -2.29. The van der Waals surface area contributed by atoms with Crippen molar-refractivity contribution < 1.29 is 38.1 Å². The monoisotopic (exact) mass is 428 g/mol. The molecule has 0 heterocycles. The molecule has 30 heavy (non-hydrogen) atoms. The lowest BCUT2D eigenvalue weighted by atomic mass is 10.1. The van der Waals surface area contributed by atoms with Gasteiger partial charge in [-0.05, 0) is 32.6 Å². The van der Waals surface area contributed by atoms with E-state index in [0.717, 1.165) is 0 Å². The summed E-state index contributed by atoms with van der Waals surface area (Å²) in [6.07, 6.45) is -0.00659. The van der Waals surface area contributed by atoms with Crippen LogP contribution in [0.1, 0.15) is 33.6 Å². The van der Waals surface area contributed by atoms with E-state index in [9.17, 15) is 19.2 Å². The number of alkyl carbamates (subject to hydrolysis) is 2. The standard InChI is InChI=1S/C20H32N2O8/c1-14(2)17(23)27-12-8-21-19(25)29-10-6-16(5)7-11-30-20(26)22-9-13-28-18(24)15(3)4/h16H,1,3,6-13H2,2,4-5H3,(H,21,25)(H,22,26). The van der Waals surface area contributed by atoms with Crippen LogP contribution in [0.5, 0.6) is 0 Å². The molecule has 0 radical (unpaired) electrons. The average Bonchev–Trinajstić information content (AvgIpc) is 2.67. The first-order valence-corrected chi connectivity index (χ1v) is 9.60. The minimum absolute atomic E-state index is 0.0347. The number of carbonyl (C=O) groups is 4. The van der Waals surface area contributed by atoms with Gasteiger partial charge in [-0.2, -0.15) is 0 Å². The Hall–Kier alpha value is -3.04. The summed E-state index contributed by atoms with van der Waals surface area (Å²) in [5, 5.41) is 4.93. The quantitative estimate of drug-likeness (QED) is 0.186. The van der Waals surface area contributed by atoms with E-state index >= 15 is 0 Å². The number of amides is 2. The van der Waals surface area contributed by atoms with Crippen LogP contribution in [0, 0.1) is 5.92 Å². The maximum atomic E-state index is 11.5. The van der Waals surface area contributed by atoms with Gasteiger partial charge >= 0.3 is 24.1 Å². The Kier molecular flexibility index (Phi) is 14.2. The largest absolute Gasteiger partial charge is 0.460 e. The molecular formula is C20H32N2O8. The zero-order valence-corrected chi connectivity index (χ0v) is 17.9. The van der Waals surface area contributed by atoms with E-state index in [1.54, 1.807) is 0 Å². The van der Waals surface area contributed by atoms with Crippen LogP contribution in [0.3, 0.4) is 0 Å². The Balaban J connectivity index is 3.65. The predicted molar refractivity (Wildman–Crippen MR) is 109 cm³/mol. The Bertz CT molecular complexity index is 566. The first kappa shape index (κ1) is 27.0. The second-order valence-corrected chi connectivity index (χ2v) is 6.64. The lowest BCUT2D eigenvalue weighted by molar-refractivity contribution is -0.139. The molecule has 0 aromatic rings. The minimum atomic E-state index is -0.600. The Morgan fingerprint density at radius 3 is 1.40 bits per heavy atom. The summed E-state index contributed by atoms with van der Waals surface area (Å²) in [5.41, 5.74) is 0.578. The molecule has 0 saturated heterocycles. The summed E-state index contributed by atoms with van der Waals surface area (Å²) >= 11 is 0. The van der Waals surface area contributed by atoms with E-state index in [-0.39, 0.29) is 56.6 Å². The number of carbonyl (C=O) groups excluding carboxylic acids is 4. The molecule has 170 valence electrons. The second-order valence-electron chi connectivity index (χ2n) is 6.64. The average molecular weight is 428 g/mol. The van der Waals surface area contributed by atoms with Crippen molar-refractivity contribution in [3.63, 3.8) is 0 Å². The molecule has 10 nitrogen and oxygen atoms in total. The molecule has 0 spiro atoms. The maximum Gasteiger partial charge on any atom is 0.407 e. The fourth-order valence-corrected chi connectivity index (χ4v) is 1.79. The van der Waals surface area contributed by atoms with Crippen molar-refractivity contribution in [1.82, 2.24) is 10.6 Å². The highest BCUT2D eigenvalue weighted by atomic mass is 16.6. The molecule has 0 saturated carbocycles. The molecule has 0 aliphatic heterocycles. The molecule has 0 aromatic heterocycles. The number of hydrogen-bond donors (Lipinski definition) is 2. The smallest absolute Gasteiger partial charge is 0.407 e. The van der Waals surface area contributed by atoms with Crippen molar-refractivity contribution in [2.75, 3.05) is 39.5 Å². The van der Waals surface area contributed by atoms with Gasteiger partial charge in [-0.3, -0.25) is 0 Å². The highest BCUT2D eigenvalue weighted by Crippen LogP contribution is 2.07. The molecule has 2 amide bonds. The molecular weight excluding hydrogens is 396 g/mol. The van der Waals surface area contributed by atoms with Crippen molar-refractivity contribution >= 4 is 24.1 Å². The molecule has 0 fully saturated rings. The molecule has 0 aromatic carbocycles. The van der Waals surface area contributed by atoms with E-state index in [4.69, 9.17) is 18.9 Å². The summed E-state index contributed by atoms with van der Waals surface area (Å²) < 4.78 is 19.7. The SMILES string of the molecule is C=C(C)C(=O)OCCNC(=O)OCCC(C)CCOC(=O)NCCOC(=O)C(=C)C. The summed E-state index contributed by atoms with van der Waals surface area (Å²) in [6, 6.07) is 0. The van der Waals surface area contributed by atoms with Crippen LogP contribution >= 0.6 is 0 Å². The van der Waals surface area contributed by atoms with E-state index in [1.807, 2.05) is 6.92 Å². The van der Waals surface area contributed by atoms with Gasteiger partial charge in [0.1, 0.15) is 13.2 Å². The van der Waals surface area contributed by atoms with Crippen LogP contribution in [0.4, 0.5) is 9.59 Å². The normalized spacial score (nSPS) is 10.0. The minimum Gasteiger partial charge on any atom is -0.460 e. The van der Waals surface area contributed by atoms with Gasteiger partial charge in [-0.1, -0.05) is 20.1 Å². The van der Waals surface area contributed by atoms with E-state index in [0.29, 0.717) is 12.8 Å². The van der Waals surface area contributed by atoms with Crippen molar-refractivity contribution in [1.29, 1.82) is 0 Å².